The molecular weight excluding hydrogens is 376 g/mol. The van der Waals surface area contributed by atoms with Crippen LogP contribution in [0.5, 0.6) is 0 Å². The van der Waals surface area contributed by atoms with Gasteiger partial charge in [-0.05, 0) is 10.0 Å². The summed E-state index contributed by atoms with van der Waals surface area (Å²) in [5.74, 6) is 1.69. The topological polar surface area (TPSA) is 43.2 Å². The molecule has 2 heterocycles. The zero-order valence-corrected chi connectivity index (χ0v) is 15.2. The Morgan fingerprint density at radius 2 is 1.96 bits per heavy atom. The van der Waals surface area contributed by atoms with E-state index >= 15 is 0 Å². The second-order valence-corrected chi connectivity index (χ2v) is 7.32. The lowest BCUT2D eigenvalue weighted by atomic mass is 10.2. The lowest BCUT2D eigenvalue weighted by Crippen LogP contribution is -2.38. The smallest absolute Gasteiger partial charge is 0.228 e. The van der Waals surface area contributed by atoms with Gasteiger partial charge in [0.1, 0.15) is 0 Å². The fraction of sp³-hybridized carbons (Fsp3) is 0.375. The lowest BCUT2D eigenvalue weighted by Gasteiger charge is -2.28. The molecule has 1 aliphatic heterocycles. The number of hydrogen-bond donors (Lipinski definition) is 0. The van der Waals surface area contributed by atoms with Crippen molar-refractivity contribution >= 4 is 33.6 Å². The molecule has 0 N–H and O–H groups in total. The molecule has 2 aromatic rings. The summed E-state index contributed by atoms with van der Waals surface area (Å²) in [6, 6.07) is 10.4. The fourth-order valence-corrected chi connectivity index (χ4v) is 3.46. The Hall–Kier alpha value is -1.31. The Kier molecular flexibility index (Phi) is 5.75. The number of nitrogens with zero attached hydrogens (tertiary/aromatic N) is 4. The highest BCUT2D eigenvalue weighted by molar-refractivity contribution is 9.11. The van der Waals surface area contributed by atoms with Crippen LogP contribution in [0.25, 0.3) is 0 Å². The molecule has 3 rings (SSSR count). The van der Waals surface area contributed by atoms with Crippen molar-refractivity contribution in [1.82, 2.24) is 14.8 Å². The van der Waals surface area contributed by atoms with E-state index in [-0.39, 0.29) is 0 Å². The van der Waals surface area contributed by atoms with Gasteiger partial charge in [-0.15, -0.1) is 10.2 Å². The maximum atomic E-state index is 5.44. The zero-order valence-electron chi connectivity index (χ0n) is 12.8. The molecule has 1 fully saturated rings. The van der Waals surface area contributed by atoms with Gasteiger partial charge in [0.05, 0.1) is 19.8 Å². The number of ether oxygens (including phenoxy) is 1. The van der Waals surface area contributed by atoms with E-state index in [1.54, 1.807) is 11.8 Å². The lowest BCUT2D eigenvalue weighted by molar-refractivity contribution is 0.121. The molecular formula is C16H19BrN4OS. The van der Waals surface area contributed by atoms with E-state index in [0.29, 0.717) is 0 Å². The molecule has 0 aliphatic carbocycles. The van der Waals surface area contributed by atoms with Gasteiger partial charge in [0.2, 0.25) is 5.95 Å². The molecule has 1 saturated heterocycles. The number of benzene rings is 1. The van der Waals surface area contributed by atoms with Crippen molar-refractivity contribution in [1.29, 1.82) is 0 Å². The first-order valence-corrected chi connectivity index (χ1v) is 9.28. The van der Waals surface area contributed by atoms with E-state index in [4.69, 9.17) is 4.74 Å². The predicted molar refractivity (Wildman–Crippen MR) is 97.4 cm³/mol. The van der Waals surface area contributed by atoms with Crippen molar-refractivity contribution in [3.8, 4) is 0 Å². The second-order valence-electron chi connectivity index (χ2n) is 5.26. The van der Waals surface area contributed by atoms with Crippen molar-refractivity contribution in [3.05, 3.63) is 47.0 Å². The van der Waals surface area contributed by atoms with Crippen LogP contribution in [0.2, 0.25) is 0 Å². The Morgan fingerprint density at radius 1 is 1.22 bits per heavy atom. The summed E-state index contributed by atoms with van der Waals surface area (Å²) in [6.45, 7) is 7.82. The summed E-state index contributed by atoms with van der Waals surface area (Å²) < 4.78 is 8.57. The van der Waals surface area contributed by atoms with Gasteiger partial charge >= 0.3 is 0 Å². The third-order valence-electron chi connectivity index (χ3n) is 3.53. The van der Waals surface area contributed by atoms with Gasteiger partial charge < -0.3 is 9.64 Å². The summed E-state index contributed by atoms with van der Waals surface area (Å²) in [7, 11) is 0. The summed E-state index contributed by atoms with van der Waals surface area (Å²) in [6.07, 6.45) is 0. The minimum Gasteiger partial charge on any atom is -0.378 e. The number of hydrogen-bond acceptors (Lipinski definition) is 5. The number of rotatable bonds is 6. The monoisotopic (exact) mass is 394 g/mol. The van der Waals surface area contributed by atoms with E-state index < -0.39 is 0 Å². The molecule has 0 unspecified atom stereocenters. The molecule has 0 saturated carbocycles. The highest BCUT2D eigenvalue weighted by Gasteiger charge is 2.20. The molecule has 0 bridgehead atoms. The molecule has 7 heteroatoms. The van der Waals surface area contributed by atoms with Gasteiger partial charge in [0, 0.05) is 18.8 Å². The van der Waals surface area contributed by atoms with Gasteiger partial charge in [-0.1, -0.05) is 64.6 Å². The normalized spacial score (nSPS) is 14.9. The second kappa shape index (κ2) is 7.99. The molecule has 5 nitrogen and oxygen atoms in total. The average molecular weight is 395 g/mol. The molecule has 122 valence electrons. The van der Waals surface area contributed by atoms with Gasteiger partial charge in [-0.3, -0.25) is 4.57 Å². The first-order valence-electron chi connectivity index (χ1n) is 7.50. The van der Waals surface area contributed by atoms with Crippen LogP contribution in [0.15, 0.2) is 46.5 Å². The summed E-state index contributed by atoms with van der Waals surface area (Å²) in [5.41, 5.74) is 1.24. The van der Waals surface area contributed by atoms with Crippen LogP contribution in [-0.4, -0.2) is 46.8 Å². The van der Waals surface area contributed by atoms with E-state index in [9.17, 15) is 0 Å². The van der Waals surface area contributed by atoms with Crippen LogP contribution in [0.1, 0.15) is 5.56 Å². The van der Waals surface area contributed by atoms with Gasteiger partial charge in [0.15, 0.2) is 5.16 Å². The molecule has 0 radical (unpaired) electrons. The van der Waals surface area contributed by atoms with Gasteiger partial charge in [-0.2, -0.15) is 0 Å². The average Bonchev–Trinajstić information content (AvgIpc) is 2.97. The van der Waals surface area contributed by atoms with Crippen molar-refractivity contribution in [3.63, 3.8) is 0 Å². The Balaban J connectivity index is 1.87. The highest BCUT2D eigenvalue weighted by Crippen LogP contribution is 2.26. The molecule has 0 spiro atoms. The summed E-state index contributed by atoms with van der Waals surface area (Å²) in [4.78, 5) is 2.24. The number of aromatic nitrogens is 3. The predicted octanol–water partition coefficient (Wildman–Crippen LogP) is 3.16. The first-order chi connectivity index (χ1) is 11.2. The summed E-state index contributed by atoms with van der Waals surface area (Å²) >= 11 is 5.05. The Morgan fingerprint density at radius 3 is 2.65 bits per heavy atom. The number of thioether (sulfide) groups is 1. The molecule has 0 amide bonds. The Bertz CT molecular complexity index is 655. The van der Waals surface area contributed by atoms with Crippen LogP contribution in [0, 0.1) is 0 Å². The molecule has 1 aromatic carbocycles. The van der Waals surface area contributed by atoms with Crippen molar-refractivity contribution in [2.75, 3.05) is 37.0 Å². The molecule has 1 aliphatic rings. The van der Waals surface area contributed by atoms with Gasteiger partial charge in [-0.25, -0.2) is 0 Å². The van der Waals surface area contributed by atoms with Crippen LogP contribution in [0.4, 0.5) is 5.95 Å². The van der Waals surface area contributed by atoms with Gasteiger partial charge in [0.25, 0.3) is 0 Å². The number of halogens is 1. The van der Waals surface area contributed by atoms with E-state index in [1.165, 1.54) is 5.56 Å². The summed E-state index contributed by atoms with van der Waals surface area (Å²) in [5, 5.41) is 9.74. The number of anilines is 1. The van der Waals surface area contributed by atoms with Crippen molar-refractivity contribution in [2.24, 2.45) is 0 Å². The molecule has 0 atom stereocenters. The van der Waals surface area contributed by atoms with Crippen molar-refractivity contribution < 1.29 is 4.74 Å². The maximum absolute atomic E-state index is 5.44. The van der Waals surface area contributed by atoms with Crippen molar-refractivity contribution in [2.45, 2.75) is 11.7 Å². The maximum Gasteiger partial charge on any atom is 0.228 e. The minimum absolute atomic E-state index is 0.735. The largest absolute Gasteiger partial charge is 0.378 e. The van der Waals surface area contributed by atoms with Crippen LogP contribution >= 0.6 is 27.7 Å². The highest BCUT2D eigenvalue weighted by atomic mass is 79.9. The van der Waals surface area contributed by atoms with Crippen LogP contribution in [0.3, 0.4) is 0 Å². The zero-order chi connectivity index (χ0) is 16.1. The van der Waals surface area contributed by atoms with E-state index in [1.807, 2.05) is 6.07 Å². The van der Waals surface area contributed by atoms with E-state index in [0.717, 1.165) is 54.2 Å². The fourth-order valence-electron chi connectivity index (χ4n) is 2.43. The third-order valence-corrected chi connectivity index (χ3v) is 5.24. The minimum atomic E-state index is 0.735. The van der Waals surface area contributed by atoms with Crippen LogP contribution < -0.4 is 4.90 Å². The Labute approximate surface area is 148 Å². The SMILES string of the molecule is C=C(Br)CSc1nnc(N2CCOCC2)n1Cc1ccccc1. The molecule has 1 aromatic heterocycles. The van der Waals surface area contributed by atoms with Crippen LogP contribution in [-0.2, 0) is 11.3 Å². The molecule has 23 heavy (non-hydrogen) atoms. The number of morpholine rings is 1. The standard InChI is InChI=1S/C16H19BrN4OS/c1-13(17)12-23-16-19-18-15(20-7-9-22-10-8-20)21(16)11-14-5-3-2-4-6-14/h2-6H,1,7-12H2. The third kappa shape index (κ3) is 4.37. The quantitative estimate of drug-likeness (QED) is 0.703. The van der Waals surface area contributed by atoms with E-state index in [2.05, 4.69) is 66.4 Å². The first kappa shape index (κ1) is 16.5.